The minimum Gasteiger partial charge on any atom is -0.497 e. The van der Waals surface area contributed by atoms with E-state index in [0.717, 1.165) is 6.07 Å². The van der Waals surface area contributed by atoms with Crippen LogP contribution in [0.15, 0.2) is 40.9 Å². The molecule has 1 amide bonds. The van der Waals surface area contributed by atoms with Crippen molar-refractivity contribution in [1.29, 1.82) is 0 Å². The molecular weight excluding hydrogens is 356 g/mol. The summed E-state index contributed by atoms with van der Waals surface area (Å²) in [6, 6.07) is 8.17. The third kappa shape index (κ3) is 3.94. The summed E-state index contributed by atoms with van der Waals surface area (Å²) in [7, 11) is 1.47. The SMILES string of the molecule is COc1cccc(C(=O)Nc2cc(-c3noc(C(C)C)n3)c(F)cc2F)c1. The average molecular weight is 373 g/mol. The van der Waals surface area contributed by atoms with Crippen LogP contribution in [0, 0.1) is 11.6 Å². The van der Waals surface area contributed by atoms with Gasteiger partial charge in [0.1, 0.15) is 17.4 Å². The Morgan fingerprint density at radius 2 is 1.96 bits per heavy atom. The molecule has 0 radical (unpaired) electrons. The van der Waals surface area contributed by atoms with Crippen molar-refractivity contribution in [1.82, 2.24) is 10.1 Å². The summed E-state index contributed by atoms with van der Waals surface area (Å²) in [6.07, 6.45) is 0. The van der Waals surface area contributed by atoms with Crippen LogP contribution in [0.25, 0.3) is 11.4 Å². The second-order valence-electron chi connectivity index (χ2n) is 6.11. The van der Waals surface area contributed by atoms with Crippen molar-refractivity contribution < 1.29 is 22.8 Å². The zero-order valence-electron chi connectivity index (χ0n) is 14.9. The maximum absolute atomic E-state index is 14.2. The normalized spacial score (nSPS) is 10.9. The van der Waals surface area contributed by atoms with E-state index in [1.807, 2.05) is 13.8 Å². The molecule has 0 fully saturated rings. The van der Waals surface area contributed by atoms with Crippen molar-refractivity contribution in [3.8, 4) is 17.1 Å². The van der Waals surface area contributed by atoms with E-state index in [4.69, 9.17) is 9.26 Å². The maximum atomic E-state index is 14.2. The van der Waals surface area contributed by atoms with Gasteiger partial charge in [-0.25, -0.2) is 8.78 Å². The van der Waals surface area contributed by atoms with Crippen molar-refractivity contribution in [2.45, 2.75) is 19.8 Å². The number of carbonyl (C=O) groups is 1. The lowest BCUT2D eigenvalue weighted by atomic mass is 10.1. The third-order valence-electron chi connectivity index (χ3n) is 3.81. The molecule has 0 bridgehead atoms. The number of hydrogen-bond acceptors (Lipinski definition) is 5. The monoisotopic (exact) mass is 373 g/mol. The molecule has 0 spiro atoms. The van der Waals surface area contributed by atoms with Gasteiger partial charge in [0.2, 0.25) is 11.7 Å². The molecular formula is C19H17F2N3O3. The van der Waals surface area contributed by atoms with Gasteiger partial charge in [-0.2, -0.15) is 4.98 Å². The first-order chi connectivity index (χ1) is 12.9. The molecule has 1 N–H and O–H groups in total. The number of hydrogen-bond donors (Lipinski definition) is 1. The Bertz CT molecular complexity index is 986. The van der Waals surface area contributed by atoms with E-state index in [0.29, 0.717) is 17.7 Å². The number of nitrogens with zero attached hydrogens (tertiary/aromatic N) is 2. The van der Waals surface area contributed by atoms with Crippen molar-refractivity contribution in [2.75, 3.05) is 12.4 Å². The topological polar surface area (TPSA) is 77.2 Å². The molecule has 3 aromatic rings. The largest absolute Gasteiger partial charge is 0.497 e. The van der Waals surface area contributed by atoms with Crippen LogP contribution < -0.4 is 10.1 Å². The zero-order valence-corrected chi connectivity index (χ0v) is 14.9. The lowest BCUT2D eigenvalue weighted by Gasteiger charge is -2.09. The van der Waals surface area contributed by atoms with Gasteiger partial charge in [0, 0.05) is 17.5 Å². The molecule has 6 nitrogen and oxygen atoms in total. The van der Waals surface area contributed by atoms with Gasteiger partial charge in [0.15, 0.2) is 0 Å². The summed E-state index contributed by atoms with van der Waals surface area (Å²) < 4.78 is 38.5. The molecule has 27 heavy (non-hydrogen) atoms. The number of benzene rings is 2. The Kier molecular flexibility index (Phi) is 5.16. The fraction of sp³-hybridized carbons (Fsp3) is 0.211. The number of rotatable bonds is 5. The molecule has 140 valence electrons. The number of nitrogens with one attached hydrogen (secondary N) is 1. The molecule has 1 aromatic heterocycles. The van der Waals surface area contributed by atoms with Crippen LogP contribution >= 0.6 is 0 Å². The maximum Gasteiger partial charge on any atom is 0.255 e. The highest BCUT2D eigenvalue weighted by Gasteiger charge is 2.19. The van der Waals surface area contributed by atoms with Gasteiger partial charge in [0.05, 0.1) is 18.4 Å². The molecule has 0 aliphatic carbocycles. The molecule has 0 atom stereocenters. The number of anilines is 1. The number of methoxy groups -OCH3 is 1. The second-order valence-corrected chi connectivity index (χ2v) is 6.11. The first kappa shape index (κ1) is 18.5. The van der Waals surface area contributed by atoms with Crippen LogP contribution in [0.3, 0.4) is 0 Å². The van der Waals surface area contributed by atoms with Crippen molar-refractivity contribution in [3.63, 3.8) is 0 Å². The lowest BCUT2D eigenvalue weighted by molar-refractivity contribution is 0.102. The zero-order chi connectivity index (χ0) is 19.6. The van der Waals surface area contributed by atoms with E-state index in [1.54, 1.807) is 18.2 Å². The van der Waals surface area contributed by atoms with E-state index in [2.05, 4.69) is 15.5 Å². The quantitative estimate of drug-likeness (QED) is 0.717. The number of carbonyl (C=O) groups excluding carboxylic acids is 1. The molecule has 2 aromatic carbocycles. The fourth-order valence-electron chi connectivity index (χ4n) is 2.35. The van der Waals surface area contributed by atoms with Crippen LogP contribution in [-0.2, 0) is 0 Å². The second kappa shape index (κ2) is 7.53. The minimum absolute atomic E-state index is 0.0203. The van der Waals surface area contributed by atoms with Gasteiger partial charge in [0.25, 0.3) is 5.91 Å². The smallest absolute Gasteiger partial charge is 0.255 e. The number of aromatic nitrogens is 2. The van der Waals surface area contributed by atoms with Gasteiger partial charge in [-0.05, 0) is 24.3 Å². The van der Waals surface area contributed by atoms with E-state index >= 15 is 0 Å². The molecule has 0 aliphatic heterocycles. The molecule has 3 rings (SSSR count). The summed E-state index contributed by atoms with van der Waals surface area (Å²) in [5, 5.41) is 6.14. The van der Waals surface area contributed by atoms with Crippen LogP contribution in [0.5, 0.6) is 5.75 Å². The van der Waals surface area contributed by atoms with E-state index < -0.39 is 17.5 Å². The Balaban J connectivity index is 1.92. The molecule has 1 heterocycles. The summed E-state index contributed by atoms with van der Waals surface area (Å²) in [6.45, 7) is 3.69. The lowest BCUT2D eigenvalue weighted by Crippen LogP contribution is -2.13. The van der Waals surface area contributed by atoms with E-state index in [1.165, 1.54) is 13.2 Å². The number of ether oxygens (including phenoxy) is 1. The van der Waals surface area contributed by atoms with Crippen LogP contribution in [0.1, 0.15) is 36.0 Å². The standard InChI is InChI=1S/C19H17F2N3O3/c1-10(2)19-23-17(24-27-19)13-8-16(15(21)9-14(13)20)22-18(25)11-5-4-6-12(7-11)26-3/h4-10H,1-3H3,(H,22,25). The summed E-state index contributed by atoms with van der Waals surface area (Å²) in [5.74, 6) is -1.59. The van der Waals surface area contributed by atoms with Crippen LogP contribution in [0.4, 0.5) is 14.5 Å². The summed E-state index contributed by atoms with van der Waals surface area (Å²) in [4.78, 5) is 16.5. The summed E-state index contributed by atoms with van der Waals surface area (Å²) >= 11 is 0. The van der Waals surface area contributed by atoms with E-state index in [-0.39, 0.29) is 28.6 Å². The van der Waals surface area contributed by atoms with Gasteiger partial charge in [-0.3, -0.25) is 4.79 Å². The highest BCUT2D eigenvalue weighted by Crippen LogP contribution is 2.28. The first-order valence-corrected chi connectivity index (χ1v) is 8.17. The fourth-order valence-corrected chi connectivity index (χ4v) is 2.35. The molecule has 0 saturated carbocycles. The molecule has 8 heteroatoms. The van der Waals surface area contributed by atoms with Crippen molar-refractivity contribution >= 4 is 11.6 Å². The van der Waals surface area contributed by atoms with E-state index in [9.17, 15) is 13.6 Å². The van der Waals surface area contributed by atoms with Gasteiger partial charge < -0.3 is 14.6 Å². The predicted octanol–water partition coefficient (Wildman–Crippen LogP) is 4.40. The Labute approximate surface area is 154 Å². The average Bonchev–Trinajstić information content (AvgIpc) is 3.14. The highest BCUT2D eigenvalue weighted by atomic mass is 19.1. The number of halogens is 2. The molecule has 0 saturated heterocycles. The number of amides is 1. The Morgan fingerprint density at radius 1 is 1.19 bits per heavy atom. The van der Waals surface area contributed by atoms with Crippen LogP contribution in [0.2, 0.25) is 0 Å². The predicted molar refractivity (Wildman–Crippen MR) is 94.7 cm³/mol. The van der Waals surface area contributed by atoms with Gasteiger partial charge in [-0.1, -0.05) is 25.1 Å². The van der Waals surface area contributed by atoms with Crippen molar-refractivity contribution in [3.05, 3.63) is 59.5 Å². The van der Waals surface area contributed by atoms with Crippen molar-refractivity contribution in [2.24, 2.45) is 0 Å². The van der Waals surface area contributed by atoms with Crippen LogP contribution in [-0.4, -0.2) is 23.2 Å². The summed E-state index contributed by atoms with van der Waals surface area (Å²) in [5.41, 5.74) is -0.00982. The Hall–Kier alpha value is -3.29. The third-order valence-corrected chi connectivity index (χ3v) is 3.81. The first-order valence-electron chi connectivity index (χ1n) is 8.17. The van der Waals surface area contributed by atoms with Gasteiger partial charge in [-0.15, -0.1) is 0 Å². The highest BCUT2D eigenvalue weighted by molar-refractivity contribution is 6.04. The minimum atomic E-state index is -0.917. The Morgan fingerprint density at radius 3 is 2.63 bits per heavy atom. The van der Waals surface area contributed by atoms with Gasteiger partial charge >= 0.3 is 0 Å². The molecule has 0 aliphatic rings. The molecule has 0 unspecified atom stereocenters.